The minimum absolute atomic E-state index is 0.0979. The Bertz CT molecular complexity index is 1570. The number of nitrogen functional groups attached to an aromatic ring is 1. The average Bonchev–Trinajstić information content (AvgIpc) is 3.23. The predicted octanol–water partition coefficient (Wildman–Crippen LogP) is 2.64. The number of pyridine rings is 1. The van der Waals surface area contributed by atoms with Crippen LogP contribution in [0.2, 0.25) is 0 Å². The molecule has 3 N–H and O–H groups in total. The fraction of sp³-hybridized carbons (Fsp3) is 0.333. The van der Waals surface area contributed by atoms with Crippen LogP contribution in [0.4, 0.5) is 23.4 Å². The maximum Gasteiger partial charge on any atom is 0.419 e. The molecule has 0 saturated carbocycles. The van der Waals surface area contributed by atoms with E-state index in [0.29, 0.717) is 31.0 Å². The van der Waals surface area contributed by atoms with Crippen molar-refractivity contribution < 1.29 is 31.9 Å². The van der Waals surface area contributed by atoms with Gasteiger partial charge in [0, 0.05) is 66.6 Å². The summed E-state index contributed by atoms with van der Waals surface area (Å²) in [7, 11) is 0. The van der Waals surface area contributed by atoms with Crippen molar-refractivity contribution in [2.45, 2.75) is 44.1 Å². The van der Waals surface area contributed by atoms with Crippen molar-refractivity contribution in [3.05, 3.63) is 70.6 Å². The number of hydrogen-bond donors (Lipinski definition) is 2. The molecule has 1 atom stereocenters. The molecule has 212 valence electrons. The maximum atomic E-state index is 15.6. The Morgan fingerprint density at radius 3 is 2.39 bits per heavy atom. The van der Waals surface area contributed by atoms with Gasteiger partial charge in [0.25, 0.3) is 5.91 Å². The van der Waals surface area contributed by atoms with Gasteiger partial charge in [-0.3, -0.25) is 24.6 Å². The number of nitrogens with two attached hydrogens (primary N) is 1. The molecule has 2 saturated heterocycles. The second kappa shape index (κ2) is 9.87. The Morgan fingerprint density at radius 2 is 1.73 bits per heavy atom. The highest BCUT2D eigenvalue weighted by molar-refractivity contribution is 6.05. The van der Waals surface area contributed by atoms with Crippen LogP contribution in [0.1, 0.15) is 51.6 Å². The fourth-order valence-electron chi connectivity index (χ4n) is 5.39. The number of likely N-dealkylation sites (tertiary alicyclic amines) is 1. The summed E-state index contributed by atoms with van der Waals surface area (Å²) in [6.45, 7) is 1.39. The molecule has 41 heavy (non-hydrogen) atoms. The standard InChI is InChI=1S/C27H23F4N7O3/c28-22-17(3-2-16-18(22)12-38(26(16)41)20-5-6-21(39)36-25(20)40)19-4-1-13(23(32)35-19)9-37-10-14(11-37)24-33-7-15(8-34-24)27(29,30)31/h1-4,7-8,14,20H,5-6,9-12H2,(H2,32,35)(H,36,39,40)/t20-/m1/s1. The average molecular weight is 570 g/mol. The topological polar surface area (TPSA) is 134 Å². The number of aromatic nitrogens is 3. The molecule has 3 aromatic rings. The molecule has 1 aromatic carbocycles. The molecule has 5 heterocycles. The first-order valence-corrected chi connectivity index (χ1v) is 12.8. The Morgan fingerprint density at radius 1 is 1.02 bits per heavy atom. The molecule has 3 amide bonds. The van der Waals surface area contributed by atoms with Crippen LogP contribution in [0, 0.1) is 5.82 Å². The first-order chi connectivity index (χ1) is 19.5. The lowest BCUT2D eigenvalue weighted by molar-refractivity contribution is -0.138. The van der Waals surface area contributed by atoms with Crippen molar-refractivity contribution in [2.75, 3.05) is 18.8 Å². The third-order valence-corrected chi connectivity index (χ3v) is 7.65. The number of nitrogens with zero attached hydrogens (tertiary/aromatic N) is 5. The molecule has 0 aliphatic carbocycles. The van der Waals surface area contributed by atoms with Crippen molar-refractivity contribution in [2.24, 2.45) is 0 Å². The molecule has 3 aliphatic rings. The maximum absolute atomic E-state index is 15.6. The van der Waals surface area contributed by atoms with Gasteiger partial charge in [-0.1, -0.05) is 6.07 Å². The van der Waals surface area contributed by atoms with Gasteiger partial charge in [-0.2, -0.15) is 13.2 Å². The van der Waals surface area contributed by atoms with Crippen LogP contribution in [-0.4, -0.2) is 61.6 Å². The minimum Gasteiger partial charge on any atom is -0.383 e. The number of piperidine rings is 1. The van der Waals surface area contributed by atoms with Gasteiger partial charge >= 0.3 is 6.18 Å². The van der Waals surface area contributed by atoms with E-state index in [0.717, 1.165) is 12.4 Å². The van der Waals surface area contributed by atoms with E-state index in [9.17, 15) is 27.6 Å². The van der Waals surface area contributed by atoms with E-state index in [1.165, 1.54) is 17.0 Å². The smallest absolute Gasteiger partial charge is 0.383 e. The van der Waals surface area contributed by atoms with E-state index >= 15 is 4.39 Å². The Hall–Kier alpha value is -4.46. The summed E-state index contributed by atoms with van der Waals surface area (Å²) in [5.41, 5.74) is 6.74. The summed E-state index contributed by atoms with van der Waals surface area (Å²) in [5.74, 6) is -1.65. The number of amides is 3. The third kappa shape index (κ3) is 4.88. The molecular weight excluding hydrogens is 546 g/mol. The summed E-state index contributed by atoms with van der Waals surface area (Å²) in [6, 6.07) is 5.45. The minimum atomic E-state index is -4.49. The van der Waals surface area contributed by atoms with Gasteiger partial charge in [-0.05, 0) is 24.6 Å². The van der Waals surface area contributed by atoms with Crippen LogP contribution in [0.5, 0.6) is 0 Å². The first-order valence-electron chi connectivity index (χ1n) is 12.8. The van der Waals surface area contributed by atoms with Crippen LogP contribution in [0.3, 0.4) is 0 Å². The van der Waals surface area contributed by atoms with E-state index in [1.54, 1.807) is 12.1 Å². The zero-order chi connectivity index (χ0) is 29.1. The lowest BCUT2D eigenvalue weighted by Gasteiger charge is -2.38. The summed E-state index contributed by atoms with van der Waals surface area (Å²) in [5, 5.41) is 2.22. The zero-order valence-electron chi connectivity index (χ0n) is 21.4. The lowest BCUT2D eigenvalue weighted by Crippen LogP contribution is -2.52. The molecule has 0 spiro atoms. The number of carbonyl (C=O) groups is 3. The Kier molecular flexibility index (Phi) is 6.44. The first kappa shape index (κ1) is 26.7. The fourth-order valence-corrected chi connectivity index (χ4v) is 5.39. The predicted molar refractivity (Wildman–Crippen MR) is 135 cm³/mol. The van der Waals surface area contributed by atoms with Crippen molar-refractivity contribution in [3.8, 4) is 11.3 Å². The van der Waals surface area contributed by atoms with E-state index in [1.807, 2.05) is 4.90 Å². The zero-order valence-corrected chi connectivity index (χ0v) is 21.4. The van der Waals surface area contributed by atoms with E-state index < -0.39 is 41.3 Å². The van der Waals surface area contributed by atoms with Crippen molar-refractivity contribution in [3.63, 3.8) is 0 Å². The molecule has 3 aliphatic heterocycles. The SMILES string of the molecule is Nc1nc(-c2ccc3c(c2F)CN([C@@H]2CCC(=O)NC2=O)C3=O)ccc1CN1CC(c2ncc(C(F)(F)F)cn2)C1. The van der Waals surface area contributed by atoms with Crippen LogP contribution >= 0.6 is 0 Å². The monoisotopic (exact) mass is 569 g/mol. The third-order valence-electron chi connectivity index (χ3n) is 7.65. The van der Waals surface area contributed by atoms with Gasteiger partial charge in [0.05, 0.1) is 17.8 Å². The van der Waals surface area contributed by atoms with Gasteiger partial charge in [-0.15, -0.1) is 0 Å². The summed E-state index contributed by atoms with van der Waals surface area (Å²) in [6.07, 6.45) is -2.65. The quantitative estimate of drug-likeness (QED) is 0.354. The molecule has 2 fully saturated rings. The van der Waals surface area contributed by atoms with Gasteiger partial charge in [0.2, 0.25) is 11.8 Å². The van der Waals surface area contributed by atoms with E-state index in [-0.39, 0.29) is 53.5 Å². The lowest BCUT2D eigenvalue weighted by atomic mass is 9.98. The highest BCUT2D eigenvalue weighted by Gasteiger charge is 2.41. The number of carbonyl (C=O) groups excluding carboxylic acids is 3. The highest BCUT2D eigenvalue weighted by Crippen LogP contribution is 2.35. The van der Waals surface area contributed by atoms with Gasteiger partial charge in [-0.25, -0.2) is 19.3 Å². The summed E-state index contributed by atoms with van der Waals surface area (Å²) in [4.78, 5) is 52.1. The van der Waals surface area contributed by atoms with Crippen LogP contribution in [0.25, 0.3) is 11.3 Å². The van der Waals surface area contributed by atoms with E-state index in [4.69, 9.17) is 5.73 Å². The molecule has 10 nitrogen and oxygen atoms in total. The van der Waals surface area contributed by atoms with Crippen molar-refractivity contribution in [1.82, 2.24) is 30.1 Å². The molecule has 0 radical (unpaired) electrons. The largest absolute Gasteiger partial charge is 0.419 e. The molecule has 14 heteroatoms. The number of alkyl halides is 3. The number of fused-ring (bicyclic) bond motifs is 1. The van der Waals surface area contributed by atoms with Gasteiger partial charge in [0.1, 0.15) is 23.5 Å². The van der Waals surface area contributed by atoms with Crippen LogP contribution < -0.4 is 11.1 Å². The highest BCUT2D eigenvalue weighted by atomic mass is 19.4. The number of benzene rings is 1. The van der Waals surface area contributed by atoms with Crippen LogP contribution in [-0.2, 0) is 28.9 Å². The normalized spacial score (nSPS) is 19.8. The Balaban J connectivity index is 1.13. The number of anilines is 1. The van der Waals surface area contributed by atoms with Crippen molar-refractivity contribution in [1.29, 1.82) is 0 Å². The summed E-state index contributed by atoms with van der Waals surface area (Å²) < 4.78 is 53.8. The van der Waals surface area contributed by atoms with Crippen LogP contribution in [0.15, 0.2) is 36.7 Å². The van der Waals surface area contributed by atoms with Gasteiger partial charge < -0.3 is 10.6 Å². The van der Waals surface area contributed by atoms with E-state index in [2.05, 4.69) is 20.3 Å². The van der Waals surface area contributed by atoms with Gasteiger partial charge in [0.15, 0.2) is 0 Å². The number of nitrogens with one attached hydrogen (secondary N) is 1. The second-order valence-corrected chi connectivity index (χ2v) is 10.3. The number of imide groups is 1. The molecule has 0 bridgehead atoms. The number of hydrogen-bond acceptors (Lipinski definition) is 8. The number of halogens is 4. The molecule has 2 aromatic heterocycles. The second-order valence-electron chi connectivity index (χ2n) is 10.3. The Labute approximate surface area is 230 Å². The molecular formula is C27H23F4N7O3. The van der Waals surface area contributed by atoms with Crippen molar-refractivity contribution >= 4 is 23.5 Å². The molecule has 6 rings (SSSR count). The molecule has 0 unspecified atom stereocenters. The number of rotatable bonds is 5. The summed E-state index contributed by atoms with van der Waals surface area (Å²) >= 11 is 0.